The summed E-state index contributed by atoms with van der Waals surface area (Å²) in [5.74, 6) is -0.159. The van der Waals surface area contributed by atoms with Crippen LogP contribution >= 0.6 is 7.82 Å². The Kier molecular flexibility index (Phi) is 47.2. The maximum atomic E-state index is 12.9. The molecule has 2 N–H and O–H groups in total. The number of nitrogens with zero attached hydrogens (tertiary/aromatic N) is 1. The largest absolute Gasteiger partial charge is 0.756 e. The van der Waals surface area contributed by atoms with Gasteiger partial charge in [-0.3, -0.25) is 9.36 Å². The van der Waals surface area contributed by atoms with Crippen molar-refractivity contribution in [2.24, 2.45) is 0 Å². The second-order valence-corrected chi connectivity index (χ2v) is 22.4. The number of nitrogens with one attached hydrogen (secondary N) is 1. The van der Waals surface area contributed by atoms with E-state index >= 15 is 0 Å². The molecule has 0 heterocycles. The van der Waals surface area contributed by atoms with E-state index < -0.39 is 20.0 Å². The fourth-order valence-corrected chi connectivity index (χ4v) is 9.59. The molecule has 0 bridgehead atoms. The Bertz CT molecular complexity index is 1010. The molecule has 0 aromatic carbocycles. The first-order valence-electron chi connectivity index (χ1n) is 28.4. The first-order valence-corrected chi connectivity index (χ1v) is 29.8. The van der Waals surface area contributed by atoms with Crippen LogP contribution < -0.4 is 10.2 Å². The summed E-state index contributed by atoms with van der Waals surface area (Å²) in [4.78, 5) is 25.4. The summed E-state index contributed by atoms with van der Waals surface area (Å²) in [5.41, 5.74) is 0. The molecule has 0 rings (SSSR count). The van der Waals surface area contributed by atoms with Gasteiger partial charge >= 0.3 is 0 Å². The molecule has 64 heavy (non-hydrogen) atoms. The Balaban J connectivity index is 3.92. The van der Waals surface area contributed by atoms with Crippen molar-refractivity contribution in [1.82, 2.24) is 5.32 Å². The predicted molar refractivity (Wildman–Crippen MR) is 275 cm³/mol. The Morgan fingerprint density at radius 2 is 0.766 bits per heavy atom. The minimum Gasteiger partial charge on any atom is -0.756 e. The van der Waals surface area contributed by atoms with Crippen LogP contribution in [0.15, 0.2) is 0 Å². The van der Waals surface area contributed by atoms with Gasteiger partial charge in [0.05, 0.1) is 39.9 Å². The zero-order chi connectivity index (χ0) is 47.1. The molecule has 3 unspecified atom stereocenters. The number of rotatable bonds is 53. The minimum absolute atomic E-state index is 0.0162. The van der Waals surface area contributed by atoms with Crippen LogP contribution in [-0.2, 0) is 18.4 Å². The van der Waals surface area contributed by atoms with Gasteiger partial charge in [-0.1, -0.05) is 277 Å². The van der Waals surface area contributed by atoms with Crippen molar-refractivity contribution in [2.45, 2.75) is 309 Å². The average Bonchev–Trinajstić information content (AvgIpc) is 3.25. The molecular formula is C55H113N2O6P. The molecule has 8 nitrogen and oxygen atoms in total. The summed E-state index contributed by atoms with van der Waals surface area (Å²) in [6.07, 6.45) is 55.8. The third-order valence-corrected chi connectivity index (χ3v) is 14.3. The summed E-state index contributed by atoms with van der Waals surface area (Å²) < 4.78 is 23.3. The molecule has 0 aliphatic carbocycles. The van der Waals surface area contributed by atoms with E-state index in [0.29, 0.717) is 23.9 Å². The summed E-state index contributed by atoms with van der Waals surface area (Å²) in [6.45, 7) is 4.75. The number of quaternary nitrogens is 1. The number of hydrogen-bond donors (Lipinski definition) is 2. The second-order valence-electron chi connectivity index (χ2n) is 21.0. The van der Waals surface area contributed by atoms with E-state index in [2.05, 4.69) is 19.2 Å². The van der Waals surface area contributed by atoms with Gasteiger partial charge in [0.1, 0.15) is 13.2 Å². The third-order valence-electron chi connectivity index (χ3n) is 13.3. The fraction of sp³-hybridized carbons (Fsp3) is 0.982. The molecule has 0 radical (unpaired) electrons. The monoisotopic (exact) mass is 929 g/mol. The highest BCUT2D eigenvalue weighted by Gasteiger charge is 2.24. The van der Waals surface area contributed by atoms with Gasteiger partial charge in [0, 0.05) is 6.42 Å². The van der Waals surface area contributed by atoms with Crippen molar-refractivity contribution in [3.05, 3.63) is 0 Å². The zero-order valence-corrected chi connectivity index (χ0v) is 44.7. The predicted octanol–water partition coefficient (Wildman–Crippen LogP) is 16.2. The molecule has 0 saturated carbocycles. The Morgan fingerprint density at radius 1 is 0.484 bits per heavy atom. The third kappa shape index (κ3) is 49.4. The molecule has 384 valence electrons. The van der Waals surface area contributed by atoms with Crippen LogP contribution in [0, 0.1) is 0 Å². The van der Waals surface area contributed by atoms with E-state index in [1.807, 2.05) is 21.1 Å². The van der Waals surface area contributed by atoms with Gasteiger partial charge in [0.15, 0.2) is 0 Å². The summed E-state index contributed by atoms with van der Waals surface area (Å²) in [7, 11) is 1.32. The Hall–Kier alpha value is -0.500. The number of phosphoric acid groups is 1. The number of aliphatic hydroxyl groups is 1. The van der Waals surface area contributed by atoms with Gasteiger partial charge in [-0.2, -0.15) is 0 Å². The molecule has 0 saturated heterocycles. The molecule has 0 aliphatic heterocycles. The summed E-state index contributed by atoms with van der Waals surface area (Å²) in [6, 6.07) is -0.793. The summed E-state index contributed by atoms with van der Waals surface area (Å²) >= 11 is 0. The number of hydrogen-bond acceptors (Lipinski definition) is 6. The van der Waals surface area contributed by atoms with Gasteiger partial charge in [-0.25, -0.2) is 0 Å². The second kappa shape index (κ2) is 47.6. The number of carbonyl (C=O) groups excluding carboxylic acids is 1. The van der Waals surface area contributed by atoms with Gasteiger partial charge in [-0.05, 0) is 12.8 Å². The highest BCUT2D eigenvalue weighted by Crippen LogP contribution is 2.38. The number of phosphoric ester groups is 1. The molecule has 0 aromatic rings. The van der Waals surface area contributed by atoms with Gasteiger partial charge < -0.3 is 28.8 Å². The molecule has 0 spiro atoms. The van der Waals surface area contributed by atoms with E-state index in [0.717, 1.165) is 38.5 Å². The van der Waals surface area contributed by atoms with E-state index in [4.69, 9.17) is 9.05 Å². The van der Waals surface area contributed by atoms with Crippen LogP contribution in [0.5, 0.6) is 0 Å². The first kappa shape index (κ1) is 63.5. The van der Waals surface area contributed by atoms with Crippen LogP contribution in [0.4, 0.5) is 0 Å². The van der Waals surface area contributed by atoms with Crippen LogP contribution in [0.3, 0.4) is 0 Å². The van der Waals surface area contributed by atoms with Gasteiger partial charge in [-0.15, -0.1) is 0 Å². The highest BCUT2D eigenvalue weighted by molar-refractivity contribution is 7.45. The molecule has 0 fully saturated rings. The Labute approximate surface area is 399 Å². The zero-order valence-electron chi connectivity index (χ0n) is 43.8. The number of carbonyl (C=O) groups is 1. The molecular weight excluding hydrogens is 816 g/mol. The van der Waals surface area contributed by atoms with Crippen molar-refractivity contribution in [2.75, 3.05) is 40.9 Å². The van der Waals surface area contributed by atoms with E-state index in [1.54, 1.807) is 0 Å². The van der Waals surface area contributed by atoms with E-state index in [-0.39, 0.29) is 19.1 Å². The van der Waals surface area contributed by atoms with Crippen molar-refractivity contribution in [3.63, 3.8) is 0 Å². The van der Waals surface area contributed by atoms with Crippen molar-refractivity contribution >= 4 is 13.7 Å². The average molecular weight is 929 g/mol. The smallest absolute Gasteiger partial charge is 0.268 e. The molecule has 0 aromatic heterocycles. The number of amides is 1. The number of aliphatic hydroxyl groups excluding tert-OH is 1. The highest BCUT2D eigenvalue weighted by atomic mass is 31.2. The maximum absolute atomic E-state index is 12.9. The quantitative estimate of drug-likeness (QED) is 0.0357. The molecule has 3 atom stereocenters. The van der Waals surface area contributed by atoms with Crippen molar-refractivity contribution < 1.29 is 32.9 Å². The lowest BCUT2D eigenvalue weighted by Gasteiger charge is -2.30. The maximum Gasteiger partial charge on any atom is 0.268 e. The molecule has 0 aliphatic rings. The lowest BCUT2D eigenvalue weighted by atomic mass is 10.0. The number of unbranched alkanes of at least 4 members (excludes halogenated alkanes) is 40. The fourth-order valence-electron chi connectivity index (χ4n) is 8.87. The SMILES string of the molecule is CCCCCCCCCCCCCCCCCCCCCCCCCCCCCCCCCC(=O)NC(COP(=O)([O-])OCC[N+](C)(C)C)C(O)CCCCCCCCCCCCC. The standard InChI is InChI=1S/C55H113N2O6P/c1-6-8-10-12-14-16-18-19-20-21-22-23-24-25-26-27-28-29-30-31-32-33-34-35-36-37-39-41-43-45-47-49-55(59)56-53(52-63-64(60,61)62-51-50-57(3,4)5)54(58)48-46-44-42-40-38-17-15-13-11-9-7-2/h53-54,58H,6-52H2,1-5H3,(H-,56,59,60,61). The van der Waals surface area contributed by atoms with E-state index in [9.17, 15) is 19.4 Å². The minimum atomic E-state index is -4.56. The van der Waals surface area contributed by atoms with Crippen molar-refractivity contribution in [3.8, 4) is 0 Å². The van der Waals surface area contributed by atoms with E-state index in [1.165, 1.54) is 231 Å². The molecule has 1 amide bonds. The lowest BCUT2D eigenvalue weighted by molar-refractivity contribution is -0.870. The Morgan fingerprint density at radius 3 is 1.06 bits per heavy atom. The van der Waals surface area contributed by atoms with Crippen LogP contribution in [0.1, 0.15) is 296 Å². The number of likely N-dealkylation sites (N-methyl/N-ethyl adjacent to an activating group) is 1. The topological polar surface area (TPSA) is 108 Å². The van der Waals surface area contributed by atoms with Crippen LogP contribution in [-0.4, -0.2) is 68.5 Å². The lowest BCUT2D eigenvalue weighted by Crippen LogP contribution is -2.46. The van der Waals surface area contributed by atoms with Crippen LogP contribution in [0.25, 0.3) is 0 Å². The molecule has 9 heteroatoms. The summed E-state index contributed by atoms with van der Waals surface area (Å²) in [5, 5.41) is 13.9. The first-order chi connectivity index (χ1) is 31.0. The van der Waals surface area contributed by atoms with Crippen molar-refractivity contribution in [1.29, 1.82) is 0 Å². The van der Waals surface area contributed by atoms with Gasteiger partial charge in [0.25, 0.3) is 7.82 Å². The van der Waals surface area contributed by atoms with Crippen LogP contribution in [0.2, 0.25) is 0 Å². The normalized spacial score (nSPS) is 13.9. The van der Waals surface area contributed by atoms with Gasteiger partial charge in [0.2, 0.25) is 5.91 Å².